The summed E-state index contributed by atoms with van der Waals surface area (Å²) in [6.45, 7) is 0. The van der Waals surface area contributed by atoms with E-state index in [2.05, 4.69) is 10.3 Å². The molecule has 0 atom stereocenters. The molecule has 0 aromatic carbocycles. The van der Waals surface area contributed by atoms with Gasteiger partial charge in [0.15, 0.2) is 0 Å². The van der Waals surface area contributed by atoms with E-state index in [1.807, 2.05) is 0 Å². The minimum Gasteiger partial charge on any atom is -0.353 e. The fourth-order valence-corrected chi connectivity index (χ4v) is 4.26. The monoisotopic (exact) mass is 288 g/mol. The molecule has 1 aromatic rings. The second-order valence-electron chi connectivity index (χ2n) is 4.42. The molecule has 1 N–H and O–H groups in total. The van der Waals surface area contributed by atoms with Crippen LogP contribution in [0.3, 0.4) is 0 Å². The van der Waals surface area contributed by atoms with Crippen molar-refractivity contribution in [2.45, 2.75) is 42.5 Å². The first kappa shape index (κ1) is 13.5. The number of amides is 1. The van der Waals surface area contributed by atoms with Gasteiger partial charge in [-0.1, -0.05) is 12.8 Å². The number of hydrogen-bond acceptors (Lipinski definition) is 5. The highest BCUT2D eigenvalue weighted by Gasteiger charge is 2.21. The second kappa shape index (κ2) is 5.79. The molecule has 0 unspecified atom stereocenters. The number of nitrogens with one attached hydrogen (secondary N) is 1. The fourth-order valence-electron chi connectivity index (χ4n) is 2.05. The number of sulfone groups is 1. The molecule has 2 rings (SSSR count). The van der Waals surface area contributed by atoms with Gasteiger partial charge in [0.1, 0.15) is 0 Å². The Hall–Kier alpha value is -0.950. The number of nitrogens with zero attached hydrogens (tertiary/aromatic N) is 1. The van der Waals surface area contributed by atoms with Crippen molar-refractivity contribution in [1.82, 2.24) is 10.3 Å². The van der Waals surface area contributed by atoms with Gasteiger partial charge in [-0.05, 0) is 12.8 Å². The van der Waals surface area contributed by atoms with E-state index in [1.54, 1.807) is 5.38 Å². The van der Waals surface area contributed by atoms with E-state index in [9.17, 15) is 13.2 Å². The lowest BCUT2D eigenvalue weighted by molar-refractivity contribution is -0.121. The Bertz CT molecular complexity index is 490. The van der Waals surface area contributed by atoms with Crippen molar-refractivity contribution in [2.75, 3.05) is 5.75 Å². The molecule has 1 amide bonds. The van der Waals surface area contributed by atoms with Crippen LogP contribution in [0.5, 0.6) is 0 Å². The van der Waals surface area contributed by atoms with Crippen molar-refractivity contribution in [1.29, 1.82) is 0 Å². The molecule has 0 radical (unpaired) electrons. The third kappa shape index (κ3) is 3.52. The highest BCUT2D eigenvalue weighted by atomic mass is 32.2. The summed E-state index contributed by atoms with van der Waals surface area (Å²) in [7, 11) is -3.40. The van der Waals surface area contributed by atoms with Gasteiger partial charge >= 0.3 is 0 Å². The van der Waals surface area contributed by atoms with Gasteiger partial charge in [-0.2, -0.15) is 0 Å². The molecule has 1 fully saturated rings. The zero-order chi connectivity index (χ0) is 13.0. The highest BCUT2D eigenvalue weighted by molar-refractivity contribution is 7.93. The zero-order valence-corrected chi connectivity index (χ0v) is 11.6. The Morgan fingerprint density at radius 2 is 2.17 bits per heavy atom. The Labute approximate surface area is 111 Å². The number of rotatable bonds is 5. The largest absolute Gasteiger partial charge is 0.353 e. The Morgan fingerprint density at radius 3 is 2.78 bits per heavy atom. The van der Waals surface area contributed by atoms with Gasteiger partial charge < -0.3 is 5.32 Å². The van der Waals surface area contributed by atoms with E-state index in [1.165, 1.54) is 6.20 Å². The van der Waals surface area contributed by atoms with E-state index >= 15 is 0 Å². The Morgan fingerprint density at radius 1 is 1.44 bits per heavy atom. The van der Waals surface area contributed by atoms with Crippen molar-refractivity contribution in [2.24, 2.45) is 0 Å². The molecule has 0 bridgehead atoms. The molecule has 1 aliphatic carbocycles. The van der Waals surface area contributed by atoms with E-state index < -0.39 is 9.84 Å². The summed E-state index contributed by atoms with van der Waals surface area (Å²) in [6.07, 6.45) is 5.76. The molecule has 5 nitrogen and oxygen atoms in total. The summed E-state index contributed by atoms with van der Waals surface area (Å²) < 4.78 is 23.7. The maximum Gasteiger partial charge on any atom is 0.221 e. The van der Waals surface area contributed by atoms with Crippen molar-refractivity contribution < 1.29 is 13.2 Å². The topological polar surface area (TPSA) is 76.1 Å². The summed E-state index contributed by atoms with van der Waals surface area (Å²) in [5.41, 5.74) is 0. The third-order valence-electron chi connectivity index (χ3n) is 2.99. The van der Waals surface area contributed by atoms with E-state index in [-0.39, 0.29) is 28.5 Å². The lowest BCUT2D eigenvalue weighted by Crippen LogP contribution is -2.33. The van der Waals surface area contributed by atoms with Crippen LogP contribution in [0.1, 0.15) is 32.1 Å². The maximum absolute atomic E-state index is 11.8. The van der Waals surface area contributed by atoms with Crippen LogP contribution in [0.4, 0.5) is 0 Å². The quantitative estimate of drug-likeness (QED) is 0.887. The predicted molar refractivity (Wildman–Crippen MR) is 69.2 cm³/mol. The van der Waals surface area contributed by atoms with E-state index in [0.29, 0.717) is 0 Å². The molecule has 0 spiro atoms. The summed E-state index contributed by atoms with van der Waals surface area (Å²) in [5.74, 6) is -0.346. The van der Waals surface area contributed by atoms with Crippen molar-refractivity contribution in [3.8, 4) is 0 Å². The van der Waals surface area contributed by atoms with Gasteiger partial charge in [0.25, 0.3) is 0 Å². The van der Waals surface area contributed by atoms with Gasteiger partial charge in [0, 0.05) is 24.0 Å². The van der Waals surface area contributed by atoms with Crippen molar-refractivity contribution >= 4 is 27.1 Å². The molecular weight excluding hydrogens is 272 g/mol. The molecule has 100 valence electrons. The average Bonchev–Trinajstić information content (AvgIpc) is 2.99. The molecule has 1 aromatic heterocycles. The first-order chi connectivity index (χ1) is 8.58. The van der Waals surface area contributed by atoms with E-state index in [4.69, 9.17) is 0 Å². The van der Waals surface area contributed by atoms with Gasteiger partial charge in [0.2, 0.25) is 20.1 Å². The van der Waals surface area contributed by atoms with Crippen LogP contribution in [0.2, 0.25) is 0 Å². The zero-order valence-electron chi connectivity index (χ0n) is 9.96. The number of carbonyl (C=O) groups is 1. The predicted octanol–water partition coefficient (Wildman–Crippen LogP) is 1.37. The number of thiazole rings is 1. The molecule has 7 heteroatoms. The molecular formula is C11H16N2O3S2. The van der Waals surface area contributed by atoms with Crippen LogP contribution in [0.15, 0.2) is 15.9 Å². The highest BCUT2D eigenvalue weighted by Crippen LogP contribution is 2.18. The van der Waals surface area contributed by atoms with Crippen molar-refractivity contribution in [3.05, 3.63) is 11.6 Å². The molecule has 1 heterocycles. The standard InChI is InChI=1S/C11H16N2O3S2/c14-10(13-9-3-1-2-4-9)5-8-18(15,16)11-12-6-7-17-11/h6-7,9H,1-5,8H2,(H,13,14). The lowest BCUT2D eigenvalue weighted by atomic mass is 10.2. The number of carbonyl (C=O) groups excluding carboxylic acids is 1. The summed E-state index contributed by atoms with van der Waals surface area (Å²) in [6, 6.07) is 0.236. The SMILES string of the molecule is O=C(CCS(=O)(=O)c1nccs1)NC1CCCC1. The average molecular weight is 288 g/mol. The van der Waals surface area contributed by atoms with Gasteiger partial charge in [-0.15, -0.1) is 11.3 Å². The van der Waals surface area contributed by atoms with Crippen LogP contribution >= 0.6 is 11.3 Å². The third-order valence-corrected chi connectivity index (χ3v) is 5.99. The Balaban J connectivity index is 1.82. The maximum atomic E-state index is 11.8. The van der Waals surface area contributed by atoms with Crippen molar-refractivity contribution in [3.63, 3.8) is 0 Å². The van der Waals surface area contributed by atoms with Gasteiger partial charge in [-0.25, -0.2) is 13.4 Å². The molecule has 18 heavy (non-hydrogen) atoms. The molecule has 0 aliphatic heterocycles. The molecule has 1 aliphatic rings. The minimum absolute atomic E-state index is 0.0123. The minimum atomic E-state index is -3.40. The summed E-state index contributed by atoms with van der Waals surface area (Å²) >= 11 is 1.08. The normalized spacial score (nSPS) is 16.9. The van der Waals surface area contributed by atoms with Crippen LogP contribution in [-0.4, -0.2) is 31.1 Å². The first-order valence-electron chi connectivity index (χ1n) is 5.99. The molecule has 1 saturated carbocycles. The van der Waals surface area contributed by atoms with Gasteiger partial charge in [0.05, 0.1) is 5.75 Å². The smallest absolute Gasteiger partial charge is 0.221 e. The molecule has 0 saturated heterocycles. The van der Waals surface area contributed by atoms with Crippen LogP contribution in [-0.2, 0) is 14.6 Å². The van der Waals surface area contributed by atoms with Gasteiger partial charge in [-0.3, -0.25) is 4.79 Å². The fraction of sp³-hybridized carbons (Fsp3) is 0.636. The number of hydrogen-bond donors (Lipinski definition) is 1. The van der Waals surface area contributed by atoms with Crippen LogP contribution in [0, 0.1) is 0 Å². The van der Waals surface area contributed by atoms with Crippen LogP contribution in [0.25, 0.3) is 0 Å². The summed E-state index contributed by atoms with van der Waals surface area (Å²) in [4.78, 5) is 15.4. The first-order valence-corrected chi connectivity index (χ1v) is 8.53. The van der Waals surface area contributed by atoms with Crippen LogP contribution < -0.4 is 5.32 Å². The summed E-state index contributed by atoms with van der Waals surface area (Å²) in [5, 5.41) is 4.49. The lowest BCUT2D eigenvalue weighted by Gasteiger charge is -2.11. The number of aromatic nitrogens is 1. The second-order valence-corrected chi connectivity index (χ2v) is 7.59. The van der Waals surface area contributed by atoms with E-state index in [0.717, 1.165) is 37.0 Å². The Kier molecular flexibility index (Phi) is 4.34.